The second kappa shape index (κ2) is 7.73. The zero-order valence-electron chi connectivity index (χ0n) is 11.5. The van der Waals surface area contributed by atoms with Crippen molar-refractivity contribution in [1.29, 1.82) is 0 Å². The number of hydrogen-bond acceptors (Lipinski definition) is 6. The number of carbonyl (C=O) groups is 3. The number of aromatic carboxylic acids is 1. The predicted molar refractivity (Wildman–Crippen MR) is 70.6 cm³/mol. The van der Waals surface area contributed by atoms with E-state index in [1.807, 2.05) is 5.32 Å². The van der Waals surface area contributed by atoms with Gasteiger partial charge in [-0.3, -0.25) is 10.1 Å². The number of nitrogens with one attached hydrogen (secondary N) is 1. The Balaban J connectivity index is 2.64. The molecule has 0 saturated carbocycles. The van der Waals surface area contributed by atoms with Crippen molar-refractivity contribution < 1.29 is 33.7 Å². The van der Waals surface area contributed by atoms with Crippen molar-refractivity contribution >= 4 is 18.0 Å². The molecule has 1 aromatic carbocycles. The number of imide groups is 1. The highest BCUT2D eigenvalue weighted by Gasteiger charge is 2.13. The first-order chi connectivity index (χ1) is 9.97. The monoisotopic (exact) mass is 297 g/mol. The minimum atomic E-state index is -1.11. The van der Waals surface area contributed by atoms with Gasteiger partial charge in [-0.25, -0.2) is 9.59 Å². The number of methoxy groups -OCH3 is 1. The van der Waals surface area contributed by atoms with Gasteiger partial charge in [0.15, 0.2) is 18.1 Å². The van der Waals surface area contributed by atoms with Gasteiger partial charge in [0.2, 0.25) is 0 Å². The van der Waals surface area contributed by atoms with Crippen molar-refractivity contribution in [3.63, 3.8) is 0 Å². The third-order valence-corrected chi connectivity index (χ3v) is 2.29. The summed E-state index contributed by atoms with van der Waals surface area (Å²) in [6, 6.07) is 3.93. The maximum Gasteiger partial charge on any atom is 0.413 e. The summed E-state index contributed by atoms with van der Waals surface area (Å²) in [5.74, 6) is -1.46. The molecule has 8 heteroatoms. The SMILES string of the molecule is CCOC(=O)NC(=O)COc1ccc(C(=O)O)cc1OC. The van der Waals surface area contributed by atoms with E-state index < -0.39 is 24.6 Å². The molecule has 0 aliphatic carbocycles. The van der Waals surface area contributed by atoms with Crippen molar-refractivity contribution in [2.45, 2.75) is 6.92 Å². The Bertz CT molecular complexity index is 541. The first-order valence-electron chi connectivity index (χ1n) is 5.98. The zero-order valence-corrected chi connectivity index (χ0v) is 11.5. The number of rotatable bonds is 6. The van der Waals surface area contributed by atoms with E-state index in [1.165, 1.54) is 25.3 Å². The quantitative estimate of drug-likeness (QED) is 0.807. The van der Waals surface area contributed by atoms with Gasteiger partial charge >= 0.3 is 12.1 Å². The smallest absolute Gasteiger partial charge is 0.413 e. The third-order valence-electron chi connectivity index (χ3n) is 2.29. The zero-order chi connectivity index (χ0) is 15.8. The summed E-state index contributed by atoms with van der Waals surface area (Å²) in [7, 11) is 1.34. The fourth-order valence-electron chi connectivity index (χ4n) is 1.38. The highest BCUT2D eigenvalue weighted by molar-refractivity contribution is 5.92. The molecule has 0 aromatic heterocycles. The summed E-state index contributed by atoms with van der Waals surface area (Å²) in [4.78, 5) is 33.2. The molecule has 0 bridgehead atoms. The highest BCUT2D eigenvalue weighted by atomic mass is 16.6. The van der Waals surface area contributed by atoms with Crippen molar-refractivity contribution in [3.05, 3.63) is 23.8 Å². The standard InChI is InChI=1S/C13H15NO7/c1-3-20-13(18)14-11(15)7-21-9-5-4-8(12(16)17)6-10(9)19-2/h4-6H,3,7H2,1-2H3,(H,16,17)(H,14,15,18). The molecule has 0 saturated heterocycles. The van der Waals surface area contributed by atoms with Crippen LogP contribution in [0, 0.1) is 0 Å². The second-order valence-electron chi connectivity index (χ2n) is 3.73. The summed E-state index contributed by atoms with van der Waals surface area (Å²) in [5, 5.41) is 10.8. The largest absolute Gasteiger partial charge is 0.493 e. The maximum absolute atomic E-state index is 11.4. The van der Waals surface area contributed by atoms with Crippen molar-refractivity contribution in [2.75, 3.05) is 20.3 Å². The minimum absolute atomic E-state index is 0.0233. The maximum atomic E-state index is 11.4. The van der Waals surface area contributed by atoms with E-state index in [2.05, 4.69) is 4.74 Å². The van der Waals surface area contributed by atoms with Crippen LogP contribution in [0.2, 0.25) is 0 Å². The average Bonchev–Trinajstić information content (AvgIpc) is 2.44. The van der Waals surface area contributed by atoms with Crippen LogP contribution in [0.1, 0.15) is 17.3 Å². The van der Waals surface area contributed by atoms with Crippen LogP contribution in [0.15, 0.2) is 18.2 Å². The van der Waals surface area contributed by atoms with Crippen LogP contribution in [0.3, 0.4) is 0 Å². The Morgan fingerprint density at radius 3 is 2.52 bits per heavy atom. The van der Waals surface area contributed by atoms with E-state index in [1.54, 1.807) is 6.92 Å². The lowest BCUT2D eigenvalue weighted by Gasteiger charge is -2.11. The van der Waals surface area contributed by atoms with E-state index in [-0.39, 0.29) is 23.7 Å². The summed E-state index contributed by atoms with van der Waals surface area (Å²) in [6.45, 7) is 1.31. The molecular weight excluding hydrogens is 282 g/mol. The average molecular weight is 297 g/mol. The van der Waals surface area contributed by atoms with Crippen LogP contribution < -0.4 is 14.8 Å². The highest BCUT2D eigenvalue weighted by Crippen LogP contribution is 2.27. The van der Waals surface area contributed by atoms with Gasteiger partial charge < -0.3 is 19.3 Å². The van der Waals surface area contributed by atoms with E-state index in [4.69, 9.17) is 14.6 Å². The molecule has 114 valence electrons. The fourth-order valence-corrected chi connectivity index (χ4v) is 1.38. The van der Waals surface area contributed by atoms with Crippen LogP contribution in [0.5, 0.6) is 11.5 Å². The van der Waals surface area contributed by atoms with Gasteiger partial charge in [0.25, 0.3) is 5.91 Å². The number of alkyl carbamates (subject to hydrolysis) is 1. The summed E-state index contributed by atoms with van der Waals surface area (Å²) in [6.07, 6.45) is -0.862. The Labute approximate surface area is 120 Å². The third kappa shape index (κ3) is 5.01. The summed E-state index contributed by atoms with van der Waals surface area (Å²) >= 11 is 0. The Morgan fingerprint density at radius 2 is 1.95 bits per heavy atom. The molecule has 0 aliphatic heterocycles. The Morgan fingerprint density at radius 1 is 1.24 bits per heavy atom. The van der Waals surface area contributed by atoms with Crippen LogP contribution in [-0.4, -0.2) is 43.4 Å². The molecule has 1 aromatic rings. The number of amides is 2. The molecule has 0 radical (unpaired) electrons. The van der Waals surface area contributed by atoms with E-state index in [0.717, 1.165) is 0 Å². The molecule has 1 rings (SSSR count). The molecule has 0 unspecified atom stereocenters. The molecule has 0 spiro atoms. The fraction of sp³-hybridized carbons (Fsp3) is 0.308. The molecule has 2 amide bonds. The van der Waals surface area contributed by atoms with Crippen molar-refractivity contribution in [3.8, 4) is 11.5 Å². The summed E-state index contributed by atoms with van der Waals surface area (Å²) < 4.78 is 14.7. The number of carboxylic acids is 1. The molecule has 2 N–H and O–H groups in total. The molecule has 21 heavy (non-hydrogen) atoms. The van der Waals surface area contributed by atoms with E-state index in [0.29, 0.717) is 0 Å². The predicted octanol–water partition coefficient (Wildman–Crippen LogP) is 1.04. The first-order valence-corrected chi connectivity index (χ1v) is 5.98. The summed E-state index contributed by atoms with van der Waals surface area (Å²) in [5.41, 5.74) is 0.0233. The van der Waals surface area contributed by atoms with Crippen LogP contribution >= 0.6 is 0 Å². The van der Waals surface area contributed by atoms with Gasteiger partial charge in [0.05, 0.1) is 19.3 Å². The molecular formula is C13H15NO7. The lowest BCUT2D eigenvalue weighted by atomic mass is 10.2. The Kier molecular flexibility index (Phi) is 5.99. The van der Waals surface area contributed by atoms with Crippen molar-refractivity contribution in [2.24, 2.45) is 0 Å². The van der Waals surface area contributed by atoms with Gasteiger partial charge in [-0.1, -0.05) is 0 Å². The molecule has 0 heterocycles. The number of hydrogen-bond donors (Lipinski definition) is 2. The number of ether oxygens (including phenoxy) is 3. The molecule has 0 aliphatic rings. The molecule has 0 atom stereocenters. The van der Waals surface area contributed by atoms with Gasteiger partial charge in [-0.2, -0.15) is 0 Å². The topological polar surface area (TPSA) is 111 Å². The second-order valence-corrected chi connectivity index (χ2v) is 3.73. The normalized spacial score (nSPS) is 9.62. The lowest BCUT2D eigenvalue weighted by molar-refractivity contribution is -0.122. The number of carboxylic acid groups (broad SMARTS) is 1. The minimum Gasteiger partial charge on any atom is -0.493 e. The molecule has 8 nitrogen and oxygen atoms in total. The van der Waals surface area contributed by atoms with E-state index >= 15 is 0 Å². The van der Waals surface area contributed by atoms with Crippen LogP contribution in [0.4, 0.5) is 4.79 Å². The number of benzene rings is 1. The van der Waals surface area contributed by atoms with Gasteiger partial charge in [0.1, 0.15) is 0 Å². The van der Waals surface area contributed by atoms with Crippen LogP contribution in [-0.2, 0) is 9.53 Å². The van der Waals surface area contributed by atoms with Crippen LogP contribution in [0.25, 0.3) is 0 Å². The van der Waals surface area contributed by atoms with Gasteiger partial charge in [-0.05, 0) is 25.1 Å². The Hall–Kier alpha value is -2.77. The molecule has 0 fully saturated rings. The van der Waals surface area contributed by atoms with Gasteiger partial charge in [0, 0.05) is 0 Å². The number of carbonyl (C=O) groups excluding carboxylic acids is 2. The van der Waals surface area contributed by atoms with Crippen molar-refractivity contribution in [1.82, 2.24) is 5.32 Å². The lowest BCUT2D eigenvalue weighted by Crippen LogP contribution is -2.34. The van der Waals surface area contributed by atoms with Gasteiger partial charge in [-0.15, -0.1) is 0 Å². The van der Waals surface area contributed by atoms with E-state index in [9.17, 15) is 14.4 Å². The first kappa shape index (κ1) is 16.3.